The molecule has 2 fully saturated rings. The third kappa shape index (κ3) is 3.62. The van der Waals surface area contributed by atoms with Crippen LogP contribution in [0.4, 0.5) is 0 Å². The van der Waals surface area contributed by atoms with Gasteiger partial charge in [0.2, 0.25) is 0 Å². The molecule has 2 rings (SSSR count). The summed E-state index contributed by atoms with van der Waals surface area (Å²) in [6.07, 6.45) is 5.79. The van der Waals surface area contributed by atoms with Gasteiger partial charge in [-0.1, -0.05) is 13.8 Å². The maximum absolute atomic E-state index is 5.73. The largest absolute Gasteiger partial charge is 0.377 e. The minimum absolute atomic E-state index is 0.532. The van der Waals surface area contributed by atoms with Gasteiger partial charge in [-0.25, -0.2) is 0 Å². The Morgan fingerprint density at radius 3 is 2.76 bits per heavy atom. The first-order valence-electron chi connectivity index (χ1n) is 7.11. The quantitative estimate of drug-likeness (QED) is 0.837. The number of hydrogen-bond acceptors (Lipinski definition) is 3. The van der Waals surface area contributed by atoms with Gasteiger partial charge in [-0.15, -0.1) is 0 Å². The highest BCUT2D eigenvalue weighted by Gasteiger charge is 2.34. The van der Waals surface area contributed by atoms with E-state index in [1.165, 1.54) is 31.4 Å². The summed E-state index contributed by atoms with van der Waals surface area (Å²) in [6, 6.07) is 0.695. The van der Waals surface area contributed by atoms with Gasteiger partial charge in [0.05, 0.1) is 6.10 Å². The zero-order chi connectivity index (χ0) is 12.3. The predicted octanol–water partition coefficient (Wildman–Crippen LogP) is 2.92. The molecule has 1 saturated carbocycles. The van der Waals surface area contributed by atoms with Crippen molar-refractivity contribution in [2.75, 3.05) is 19.4 Å². The third-order valence-corrected chi connectivity index (χ3v) is 6.00. The molecule has 1 aliphatic carbocycles. The summed E-state index contributed by atoms with van der Waals surface area (Å²) in [5.74, 6) is 2.91. The van der Waals surface area contributed by atoms with Gasteiger partial charge in [-0.3, -0.25) is 0 Å². The van der Waals surface area contributed by atoms with Crippen molar-refractivity contribution < 1.29 is 4.74 Å². The molecule has 1 saturated heterocycles. The summed E-state index contributed by atoms with van der Waals surface area (Å²) >= 11 is 2.15. The zero-order valence-corrected chi connectivity index (χ0v) is 12.3. The van der Waals surface area contributed by atoms with Gasteiger partial charge in [0.25, 0.3) is 0 Å². The fourth-order valence-electron chi connectivity index (χ4n) is 3.39. The van der Waals surface area contributed by atoms with Crippen LogP contribution >= 0.6 is 11.8 Å². The molecule has 1 aliphatic heterocycles. The van der Waals surface area contributed by atoms with Gasteiger partial charge < -0.3 is 10.1 Å². The van der Waals surface area contributed by atoms with Gasteiger partial charge in [0.1, 0.15) is 0 Å². The second-order valence-corrected chi connectivity index (χ2v) is 7.09. The molecule has 0 spiro atoms. The van der Waals surface area contributed by atoms with Crippen LogP contribution in [0.1, 0.15) is 39.5 Å². The Morgan fingerprint density at radius 1 is 1.29 bits per heavy atom. The lowest BCUT2D eigenvalue weighted by molar-refractivity contribution is 0.128. The topological polar surface area (TPSA) is 21.3 Å². The molecular weight excluding hydrogens is 230 g/mol. The Bertz CT molecular complexity index is 230. The summed E-state index contributed by atoms with van der Waals surface area (Å²) in [5.41, 5.74) is 0. The van der Waals surface area contributed by atoms with Crippen molar-refractivity contribution in [2.24, 2.45) is 11.8 Å². The van der Waals surface area contributed by atoms with E-state index in [2.05, 4.69) is 38.0 Å². The number of ether oxygens (including phenoxy) is 1. The van der Waals surface area contributed by atoms with E-state index in [9.17, 15) is 0 Å². The molecule has 5 atom stereocenters. The van der Waals surface area contributed by atoms with Crippen LogP contribution in [0.15, 0.2) is 0 Å². The van der Waals surface area contributed by atoms with Crippen LogP contribution in [0.2, 0.25) is 0 Å². The lowest BCUT2D eigenvalue weighted by atomic mass is 9.80. The molecule has 3 heteroatoms. The molecule has 5 unspecified atom stereocenters. The van der Waals surface area contributed by atoms with Crippen LogP contribution in [-0.4, -0.2) is 36.8 Å². The van der Waals surface area contributed by atoms with Crippen molar-refractivity contribution in [2.45, 2.75) is 56.9 Å². The van der Waals surface area contributed by atoms with Gasteiger partial charge in [0.15, 0.2) is 0 Å². The fraction of sp³-hybridized carbons (Fsp3) is 1.00. The summed E-state index contributed by atoms with van der Waals surface area (Å²) in [6.45, 7) is 5.80. The third-order valence-electron chi connectivity index (χ3n) is 4.26. The van der Waals surface area contributed by atoms with E-state index in [4.69, 9.17) is 4.74 Å². The van der Waals surface area contributed by atoms with E-state index in [0.717, 1.165) is 23.7 Å². The van der Waals surface area contributed by atoms with Crippen LogP contribution in [0.25, 0.3) is 0 Å². The standard InChI is InChI=1S/C14H27NOS/c1-10-7-11(2)14(13(8-10)15-3)17-9-12-5-4-6-16-12/h10-15H,4-9H2,1-3H3. The fourth-order valence-corrected chi connectivity index (χ4v) is 5.00. The van der Waals surface area contributed by atoms with Crippen molar-refractivity contribution >= 4 is 11.8 Å². The molecule has 1 N–H and O–H groups in total. The average molecular weight is 257 g/mol. The van der Waals surface area contributed by atoms with E-state index < -0.39 is 0 Å². The van der Waals surface area contributed by atoms with Crippen molar-refractivity contribution in [3.63, 3.8) is 0 Å². The molecule has 2 nitrogen and oxygen atoms in total. The molecule has 0 aromatic carbocycles. The van der Waals surface area contributed by atoms with Gasteiger partial charge >= 0.3 is 0 Å². The van der Waals surface area contributed by atoms with Gasteiger partial charge in [-0.2, -0.15) is 11.8 Å². The first-order valence-corrected chi connectivity index (χ1v) is 8.16. The number of nitrogens with one attached hydrogen (secondary N) is 1. The predicted molar refractivity (Wildman–Crippen MR) is 75.6 cm³/mol. The molecule has 0 amide bonds. The average Bonchev–Trinajstić information content (AvgIpc) is 2.79. The van der Waals surface area contributed by atoms with Crippen molar-refractivity contribution in [3.05, 3.63) is 0 Å². The number of rotatable bonds is 4. The smallest absolute Gasteiger partial charge is 0.0666 e. The van der Waals surface area contributed by atoms with Crippen molar-refractivity contribution in [1.82, 2.24) is 5.32 Å². The Hall–Kier alpha value is 0.270. The minimum Gasteiger partial charge on any atom is -0.377 e. The van der Waals surface area contributed by atoms with E-state index in [1.807, 2.05) is 0 Å². The molecular formula is C14H27NOS. The van der Waals surface area contributed by atoms with E-state index in [0.29, 0.717) is 12.1 Å². The Balaban J connectivity index is 1.83. The molecule has 1 heterocycles. The Kier molecular flexibility index (Phi) is 5.19. The van der Waals surface area contributed by atoms with E-state index >= 15 is 0 Å². The van der Waals surface area contributed by atoms with Gasteiger partial charge in [0, 0.05) is 23.7 Å². The lowest BCUT2D eigenvalue weighted by Gasteiger charge is -2.39. The molecule has 100 valence electrons. The maximum atomic E-state index is 5.73. The van der Waals surface area contributed by atoms with Crippen molar-refractivity contribution in [3.8, 4) is 0 Å². The Labute approximate surface area is 110 Å². The number of thioether (sulfide) groups is 1. The first kappa shape index (κ1) is 13.7. The van der Waals surface area contributed by atoms with Crippen LogP contribution in [0, 0.1) is 11.8 Å². The zero-order valence-electron chi connectivity index (χ0n) is 11.4. The highest BCUT2D eigenvalue weighted by atomic mass is 32.2. The van der Waals surface area contributed by atoms with Crippen LogP contribution in [0.3, 0.4) is 0 Å². The lowest BCUT2D eigenvalue weighted by Crippen LogP contribution is -2.45. The SMILES string of the molecule is CNC1CC(C)CC(C)C1SCC1CCCO1. The Morgan fingerprint density at radius 2 is 2.12 bits per heavy atom. The van der Waals surface area contributed by atoms with E-state index in [-0.39, 0.29) is 0 Å². The molecule has 17 heavy (non-hydrogen) atoms. The summed E-state index contributed by atoms with van der Waals surface area (Å²) in [7, 11) is 2.12. The molecule has 0 aromatic rings. The minimum atomic E-state index is 0.532. The van der Waals surface area contributed by atoms with Crippen LogP contribution < -0.4 is 5.32 Å². The van der Waals surface area contributed by atoms with Gasteiger partial charge in [-0.05, 0) is 44.6 Å². The monoisotopic (exact) mass is 257 g/mol. The highest BCUT2D eigenvalue weighted by Crippen LogP contribution is 2.37. The van der Waals surface area contributed by atoms with Crippen molar-refractivity contribution in [1.29, 1.82) is 0 Å². The second kappa shape index (κ2) is 6.44. The first-order chi connectivity index (χ1) is 8.20. The highest BCUT2D eigenvalue weighted by molar-refractivity contribution is 8.00. The summed E-state index contributed by atoms with van der Waals surface area (Å²) < 4.78 is 5.73. The van der Waals surface area contributed by atoms with E-state index in [1.54, 1.807) is 0 Å². The molecule has 2 aliphatic rings. The molecule has 0 radical (unpaired) electrons. The van der Waals surface area contributed by atoms with Crippen LogP contribution in [0.5, 0.6) is 0 Å². The number of hydrogen-bond donors (Lipinski definition) is 1. The summed E-state index contributed by atoms with van der Waals surface area (Å²) in [4.78, 5) is 0. The normalized spacial score (nSPS) is 42.9. The van der Waals surface area contributed by atoms with Crippen LogP contribution in [-0.2, 0) is 4.74 Å². The maximum Gasteiger partial charge on any atom is 0.0666 e. The molecule has 0 bridgehead atoms. The molecule has 0 aromatic heterocycles. The second-order valence-electron chi connectivity index (χ2n) is 5.88. The summed E-state index contributed by atoms with van der Waals surface area (Å²) in [5, 5.41) is 4.31.